The molecular formula is C17H17Cl3N2O4S. The molecular weight excluding hydrogens is 435 g/mol. The molecule has 0 aliphatic carbocycles. The van der Waals surface area contributed by atoms with Crippen LogP contribution in [0, 0.1) is 0 Å². The fourth-order valence-corrected chi connectivity index (χ4v) is 4.21. The van der Waals surface area contributed by atoms with E-state index in [1.807, 2.05) is 0 Å². The largest absolute Gasteiger partial charge is 0.495 e. The second-order valence-electron chi connectivity index (χ2n) is 5.64. The van der Waals surface area contributed by atoms with Crippen molar-refractivity contribution in [1.29, 1.82) is 0 Å². The van der Waals surface area contributed by atoms with Crippen LogP contribution < -0.4 is 14.4 Å². The maximum atomic E-state index is 12.7. The molecule has 0 fully saturated rings. The lowest BCUT2D eigenvalue weighted by Crippen LogP contribution is -2.45. The second-order valence-corrected chi connectivity index (χ2v) is 8.70. The molecule has 0 saturated carbocycles. The van der Waals surface area contributed by atoms with E-state index in [-0.39, 0.29) is 26.4 Å². The van der Waals surface area contributed by atoms with Crippen LogP contribution >= 0.6 is 34.8 Å². The number of carbonyl (C=O) groups excluding carboxylic acids is 1. The summed E-state index contributed by atoms with van der Waals surface area (Å²) in [7, 11) is -2.35. The lowest BCUT2D eigenvalue weighted by molar-refractivity contribution is -0.116. The minimum Gasteiger partial charge on any atom is -0.495 e. The van der Waals surface area contributed by atoms with E-state index in [1.165, 1.54) is 32.2 Å². The molecule has 0 spiro atoms. The van der Waals surface area contributed by atoms with Crippen molar-refractivity contribution >= 4 is 62.1 Å². The summed E-state index contributed by atoms with van der Waals surface area (Å²) in [6.07, 6.45) is 1.00. The van der Waals surface area contributed by atoms with Gasteiger partial charge in [0.2, 0.25) is 15.9 Å². The quantitative estimate of drug-likeness (QED) is 0.704. The van der Waals surface area contributed by atoms with Gasteiger partial charge in [0.1, 0.15) is 11.8 Å². The number of hydrogen-bond donors (Lipinski definition) is 1. The van der Waals surface area contributed by atoms with Crippen molar-refractivity contribution in [3.05, 3.63) is 51.5 Å². The Labute approximate surface area is 173 Å². The number of nitrogens with zero attached hydrogens (tertiary/aromatic N) is 1. The van der Waals surface area contributed by atoms with Gasteiger partial charge in [-0.1, -0.05) is 40.9 Å². The van der Waals surface area contributed by atoms with Gasteiger partial charge in [-0.05, 0) is 37.3 Å². The Kier molecular flexibility index (Phi) is 6.86. The highest BCUT2D eigenvalue weighted by atomic mass is 35.5. The van der Waals surface area contributed by atoms with Crippen LogP contribution in [0.4, 0.5) is 11.4 Å². The molecule has 10 heteroatoms. The third kappa shape index (κ3) is 4.99. The normalized spacial score (nSPS) is 12.4. The molecule has 0 radical (unpaired) electrons. The molecule has 2 rings (SSSR count). The van der Waals surface area contributed by atoms with Crippen molar-refractivity contribution in [2.45, 2.75) is 13.0 Å². The molecule has 27 heavy (non-hydrogen) atoms. The van der Waals surface area contributed by atoms with Gasteiger partial charge in [-0.15, -0.1) is 0 Å². The smallest absolute Gasteiger partial charge is 0.248 e. The van der Waals surface area contributed by atoms with Crippen LogP contribution in [0.15, 0.2) is 36.4 Å². The fourth-order valence-electron chi connectivity index (χ4n) is 2.44. The van der Waals surface area contributed by atoms with Gasteiger partial charge in [-0.3, -0.25) is 9.10 Å². The van der Waals surface area contributed by atoms with Gasteiger partial charge >= 0.3 is 0 Å². The zero-order valence-electron chi connectivity index (χ0n) is 14.7. The minimum atomic E-state index is -3.80. The maximum Gasteiger partial charge on any atom is 0.248 e. The van der Waals surface area contributed by atoms with E-state index < -0.39 is 22.0 Å². The zero-order chi connectivity index (χ0) is 20.4. The van der Waals surface area contributed by atoms with Gasteiger partial charge < -0.3 is 10.1 Å². The highest BCUT2D eigenvalue weighted by Gasteiger charge is 2.30. The average Bonchev–Trinajstić information content (AvgIpc) is 2.58. The molecule has 0 unspecified atom stereocenters. The zero-order valence-corrected chi connectivity index (χ0v) is 17.7. The van der Waals surface area contributed by atoms with Gasteiger partial charge in [0.05, 0.1) is 39.8 Å². The number of amides is 1. The van der Waals surface area contributed by atoms with E-state index >= 15 is 0 Å². The molecule has 0 aliphatic rings. The van der Waals surface area contributed by atoms with Crippen molar-refractivity contribution in [2.75, 3.05) is 23.0 Å². The van der Waals surface area contributed by atoms with E-state index in [0.717, 1.165) is 10.6 Å². The van der Waals surface area contributed by atoms with Crippen LogP contribution in [-0.4, -0.2) is 33.7 Å². The Hall–Kier alpha value is -1.67. The summed E-state index contributed by atoms with van der Waals surface area (Å²) in [6.45, 7) is 1.45. The summed E-state index contributed by atoms with van der Waals surface area (Å²) in [5, 5.41) is 3.24. The van der Waals surface area contributed by atoms with Crippen molar-refractivity contribution in [2.24, 2.45) is 0 Å². The van der Waals surface area contributed by atoms with Gasteiger partial charge in [0.15, 0.2) is 0 Å². The third-order valence-corrected chi connectivity index (χ3v) is 6.04. The Morgan fingerprint density at radius 1 is 1.15 bits per heavy atom. The summed E-state index contributed by atoms with van der Waals surface area (Å²) in [5.41, 5.74) is 0.505. The first kappa shape index (κ1) is 21.6. The SMILES string of the molecule is COc1ccc(N([C@@H](C)C(=O)Nc2cccc(Cl)c2Cl)S(C)(=O)=O)cc1Cl. The molecule has 0 aromatic heterocycles. The van der Waals surface area contributed by atoms with Gasteiger partial charge in [-0.25, -0.2) is 8.42 Å². The first-order chi connectivity index (χ1) is 12.6. The maximum absolute atomic E-state index is 12.7. The van der Waals surface area contributed by atoms with E-state index in [2.05, 4.69) is 5.32 Å². The van der Waals surface area contributed by atoms with Crippen LogP contribution in [0.2, 0.25) is 15.1 Å². The van der Waals surface area contributed by atoms with Gasteiger partial charge in [0.25, 0.3) is 0 Å². The monoisotopic (exact) mass is 450 g/mol. The third-order valence-electron chi connectivity index (χ3n) is 3.69. The summed E-state index contributed by atoms with van der Waals surface area (Å²) in [6, 6.07) is 8.11. The molecule has 0 bridgehead atoms. The van der Waals surface area contributed by atoms with Crippen LogP contribution in [0.3, 0.4) is 0 Å². The Bertz CT molecular complexity index is 967. The number of halogens is 3. The Morgan fingerprint density at radius 2 is 1.81 bits per heavy atom. The predicted octanol–water partition coefficient (Wildman–Crippen LogP) is 4.45. The number of nitrogens with one attached hydrogen (secondary N) is 1. The lowest BCUT2D eigenvalue weighted by Gasteiger charge is -2.28. The number of benzene rings is 2. The molecule has 0 aliphatic heterocycles. The standard InChI is InChI=1S/C17H17Cl3N2O4S/c1-10(17(23)21-14-6-4-5-12(18)16(14)20)22(27(3,24)25)11-7-8-15(26-2)13(19)9-11/h4-10H,1-3H3,(H,21,23)/t10-/m0/s1. The predicted molar refractivity (Wildman–Crippen MR) is 110 cm³/mol. The molecule has 2 aromatic rings. The van der Waals surface area contributed by atoms with Crippen LogP contribution in [0.1, 0.15) is 6.92 Å². The van der Waals surface area contributed by atoms with Gasteiger partial charge in [0, 0.05) is 0 Å². The first-order valence-corrected chi connectivity index (χ1v) is 10.6. The average molecular weight is 452 g/mol. The van der Waals surface area contributed by atoms with Crippen molar-refractivity contribution < 1.29 is 17.9 Å². The van der Waals surface area contributed by atoms with E-state index in [0.29, 0.717) is 5.75 Å². The number of methoxy groups -OCH3 is 1. The number of sulfonamides is 1. The molecule has 0 heterocycles. The number of rotatable bonds is 6. The highest BCUT2D eigenvalue weighted by Crippen LogP contribution is 2.32. The first-order valence-electron chi connectivity index (χ1n) is 7.64. The Morgan fingerprint density at radius 3 is 2.37 bits per heavy atom. The van der Waals surface area contributed by atoms with Crippen molar-refractivity contribution in [3.8, 4) is 5.75 Å². The summed E-state index contributed by atoms with van der Waals surface area (Å²) in [4.78, 5) is 12.7. The summed E-state index contributed by atoms with van der Waals surface area (Å²) < 4.78 is 30.7. The fraction of sp³-hybridized carbons (Fsp3) is 0.235. The van der Waals surface area contributed by atoms with Gasteiger partial charge in [-0.2, -0.15) is 0 Å². The molecule has 1 N–H and O–H groups in total. The van der Waals surface area contributed by atoms with Crippen molar-refractivity contribution in [1.82, 2.24) is 0 Å². The number of hydrogen-bond acceptors (Lipinski definition) is 4. The van der Waals surface area contributed by atoms with E-state index in [4.69, 9.17) is 39.5 Å². The number of anilines is 2. The summed E-state index contributed by atoms with van der Waals surface area (Å²) in [5.74, 6) is -0.201. The molecule has 6 nitrogen and oxygen atoms in total. The van der Waals surface area contributed by atoms with Crippen LogP contribution in [0.5, 0.6) is 5.75 Å². The molecule has 1 atom stereocenters. The van der Waals surface area contributed by atoms with Crippen LogP contribution in [0.25, 0.3) is 0 Å². The molecule has 146 valence electrons. The molecule has 1 amide bonds. The van der Waals surface area contributed by atoms with Crippen molar-refractivity contribution in [3.63, 3.8) is 0 Å². The minimum absolute atomic E-state index is 0.165. The second kappa shape index (κ2) is 8.56. The number of ether oxygens (including phenoxy) is 1. The number of carbonyl (C=O) groups is 1. The lowest BCUT2D eigenvalue weighted by atomic mass is 10.2. The topological polar surface area (TPSA) is 75.7 Å². The Balaban J connectivity index is 2.38. The summed E-state index contributed by atoms with van der Waals surface area (Å²) >= 11 is 18.1. The molecule has 0 saturated heterocycles. The molecule has 2 aromatic carbocycles. The van der Waals surface area contributed by atoms with Crippen LogP contribution in [-0.2, 0) is 14.8 Å². The van der Waals surface area contributed by atoms with E-state index in [1.54, 1.807) is 18.2 Å². The highest BCUT2D eigenvalue weighted by molar-refractivity contribution is 7.92. The van der Waals surface area contributed by atoms with E-state index in [9.17, 15) is 13.2 Å².